The highest BCUT2D eigenvalue weighted by atomic mass is 14.6. The van der Waals surface area contributed by atoms with E-state index in [4.69, 9.17) is 5.73 Å². The van der Waals surface area contributed by atoms with E-state index in [9.17, 15) is 0 Å². The Morgan fingerprint density at radius 1 is 1.31 bits per heavy atom. The molecule has 1 aromatic rings. The lowest BCUT2D eigenvalue weighted by Crippen LogP contribution is -2.10. The van der Waals surface area contributed by atoms with Crippen molar-refractivity contribution in [3.63, 3.8) is 0 Å². The van der Waals surface area contributed by atoms with Gasteiger partial charge < -0.3 is 5.73 Å². The second-order valence-corrected chi connectivity index (χ2v) is 4.50. The van der Waals surface area contributed by atoms with E-state index in [1.165, 1.54) is 24.8 Å². The largest absolute Gasteiger partial charge is 0.330 e. The number of hydrogen-bond donors (Lipinski definition) is 1. The van der Waals surface area contributed by atoms with E-state index >= 15 is 0 Å². The lowest BCUT2D eigenvalue weighted by molar-refractivity contribution is 0.587. The zero-order valence-corrected chi connectivity index (χ0v) is 7.79. The van der Waals surface area contributed by atoms with Crippen molar-refractivity contribution < 1.29 is 0 Å². The first kappa shape index (κ1) is 7.57. The van der Waals surface area contributed by atoms with E-state index in [1.807, 2.05) is 0 Å². The van der Waals surface area contributed by atoms with Crippen LogP contribution in [0.2, 0.25) is 0 Å². The first-order valence-electron chi connectivity index (χ1n) is 5.15. The third-order valence-corrected chi connectivity index (χ3v) is 3.75. The summed E-state index contributed by atoms with van der Waals surface area (Å²) in [6.45, 7) is 0.818. The molecule has 13 heavy (non-hydrogen) atoms. The van der Waals surface area contributed by atoms with Crippen molar-refractivity contribution in [2.24, 2.45) is 5.73 Å². The van der Waals surface area contributed by atoms with Gasteiger partial charge in [-0.1, -0.05) is 24.3 Å². The van der Waals surface area contributed by atoms with Gasteiger partial charge in [0.1, 0.15) is 0 Å². The third kappa shape index (κ3) is 0.910. The molecule has 2 aliphatic carbocycles. The van der Waals surface area contributed by atoms with Gasteiger partial charge in [0.25, 0.3) is 0 Å². The van der Waals surface area contributed by atoms with E-state index in [1.54, 1.807) is 5.56 Å². The molecule has 68 valence electrons. The van der Waals surface area contributed by atoms with Gasteiger partial charge >= 0.3 is 0 Å². The summed E-state index contributed by atoms with van der Waals surface area (Å²) in [5.41, 5.74) is 9.50. The van der Waals surface area contributed by atoms with Crippen molar-refractivity contribution in [2.75, 3.05) is 6.54 Å². The van der Waals surface area contributed by atoms with Gasteiger partial charge in [0.15, 0.2) is 0 Å². The van der Waals surface area contributed by atoms with E-state index in [2.05, 4.69) is 24.3 Å². The Kier molecular flexibility index (Phi) is 1.37. The fourth-order valence-electron chi connectivity index (χ4n) is 2.86. The van der Waals surface area contributed by atoms with Crippen LogP contribution in [0.1, 0.15) is 36.3 Å². The number of nitrogens with two attached hydrogens (primary N) is 1. The van der Waals surface area contributed by atoms with Gasteiger partial charge in [-0.15, -0.1) is 0 Å². The maximum atomic E-state index is 5.80. The highest BCUT2D eigenvalue weighted by Gasteiger charge is 2.51. The quantitative estimate of drug-likeness (QED) is 0.692. The summed E-state index contributed by atoms with van der Waals surface area (Å²) >= 11 is 0. The van der Waals surface area contributed by atoms with Gasteiger partial charge in [-0.25, -0.2) is 0 Å². The Bertz CT molecular complexity index is 339. The van der Waals surface area contributed by atoms with E-state index in [-0.39, 0.29) is 0 Å². The average Bonchev–Trinajstić information content (AvgIpc) is 2.87. The SMILES string of the molecule is NCC1CC2(CC2)c2ccccc21. The van der Waals surface area contributed by atoms with Crippen LogP contribution in [0.15, 0.2) is 24.3 Å². The summed E-state index contributed by atoms with van der Waals surface area (Å²) in [7, 11) is 0. The molecule has 1 aromatic carbocycles. The molecule has 0 saturated heterocycles. The van der Waals surface area contributed by atoms with Crippen molar-refractivity contribution >= 4 is 0 Å². The number of fused-ring (bicyclic) bond motifs is 2. The summed E-state index contributed by atoms with van der Waals surface area (Å²) in [6.07, 6.45) is 4.09. The van der Waals surface area contributed by atoms with Crippen LogP contribution >= 0.6 is 0 Å². The molecule has 3 rings (SSSR count). The average molecular weight is 173 g/mol. The molecule has 0 aromatic heterocycles. The molecule has 1 unspecified atom stereocenters. The van der Waals surface area contributed by atoms with Crippen LogP contribution in [0, 0.1) is 0 Å². The highest BCUT2D eigenvalue weighted by Crippen LogP contribution is 2.60. The Morgan fingerprint density at radius 2 is 2.08 bits per heavy atom. The molecule has 0 aliphatic heterocycles. The van der Waals surface area contributed by atoms with Crippen LogP contribution in [0.4, 0.5) is 0 Å². The molecule has 2 aliphatic rings. The van der Waals surface area contributed by atoms with Crippen LogP contribution in [0.25, 0.3) is 0 Å². The molecule has 0 radical (unpaired) electrons. The molecule has 1 saturated carbocycles. The van der Waals surface area contributed by atoms with Gasteiger partial charge in [0, 0.05) is 0 Å². The topological polar surface area (TPSA) is 26.0 Å². The smallest absolute Gasteiger partial charge is 0.000781 e. The lowest BCUT2D eigenvalue weighted by Gasteiger charge is -2.06. The minimum Gasteiger partial charge on any atom is -0.330 e. The predicted octanol–water partition coefficient (Wildman–Crippen LogP) is 2.16. The highest BCUT2D eigenvalue weighted by molar-refractivity contribution is 5.46. The first-order valence-corrected chi connectivity index (χ1v) is 5.15. The maximum Gasteiger partial charge on any atom is -0.000781 e. The Morgan fingerprint density at radius 3 is 2.77 bits per heavy atom. The molecule has 1 heteroatoms. The van der Waals surface area contributed by atoms with E-state index in [0.717, 1.165) is 6.54 Å². The van der Waals surface area contributed by atoms with Crippen molar-refractivity contribution in [2.45, 2.75) is 30.6 Å². The van der Waals surface area contributed by atoms with Crippen LogP contribution in [0.5, 0.6) is 0 Å². The molecule has 0 heterocycles. The third-order valence-electron chi connectivity index (χ3n) is 3.75. The maximum absolute atomic E-state index is 5.80. The van der Waals surface area contributed by atoms with Crippen molar-refractivity contribution in [1.82, 2.24) is 0 Å². The summed E-state index contributed by atoms with van der Waals surface area (Å²) in [5.74, 6) is 0.638. The molecule has 0 bridgehead atoms. The predicted molar refractivity (Wildman–Crippen MR) is 53.8 cm³/mol. The second-order valence-electron chi connectivity index (χ2n) is 4.50. The van der Waals surface area contributed by atoms with Gasteiger partial charge in [-0.2, -0.15) is 0 Å². The van der Waals surface area contributed by atoms with Gasteiger partial charge in [0.05, 0.1) is 0 Å². The first-order chi connectivity index (χ1) is 6.36. The number of rotatable bonds is 1. The summed E-state index contributed by atoms with van der Waals surface area (Å²) in [4.78, 5) is 0. The molecule has 1 fully saturated rings. The monoisotopic (exact) mass is 173 g/mol. The fourth-order valence-corrected chi connectivity index (χ4v) is 2.86. The molecular formula is C12H15N. The fraction of sp³-hybridized carbons (Fsp3) is 0.500. The Balaban J connectivity index is 2.13. The lowest BCUT2D eigenvalue weighted by atomic mass is 9.99. The zero-order chi connectivity index (χ0) is 8.89. The van der Waals surface area contributed by atoms with E-state index < -0.39 is 0 Å². The Labute approximate surface area is 78.9 Å². The van der Waals surface area contributed by atoms with Crippen molar-refractivity contribution in [1.29, 1.82) is 0 Å². The number of hydrogen-bond acceptors (Lipinski definition) is 1. The molecule has 1 spiro atoms. The molecule has 2 N–H and O–H groups in total. The van der Waals surface area contributed by atoms with Gasteiger partial charge in [0.2, 0.25) is 0 Å². The van der Waals surface area contributed by atoms with Crippen molar-refractivity contribution in [3.05, 3.63) is 35.4 Å². The molecule has 1 atom stereocenters. The standard InChI is InChI=1S/C12H15N/c13-8-9-7-12(5-6-12)11-4-2-1-3-10(9)11/h1-4,9H,5-8,13H2. The summed E-state index contributed by atoms with van der Waals surface area (Å²) in [5, 5.41) is 0. The Hall–Kier alpha value is -0.820. The van der Waals surface area contributed by atoms with Crippen LogP contribution in [0.3, 0.4) is 0 Å². The zero-order valence-electron chi connectivity index (χ0n) is 7.79. The van der Waals surface area contributed by atoms with E-state index in [0.29, 0.717) is 11.3 Å². The van der Waals surface area contributed by atoms with Crippen molar-refractivity contribution in [3.8, 4) is 0 Å². The van der Waals surface area contributed by atoms with Gasteiger partial charge in [-0.05, 0) is 48.3 Å². The minimum absolute atomic E-state index is 0.570. The summed E-state index contributed by atoms with van der Waals surface area (Å²) < 4.78 is 0. The second kappa shape index (κ2) is 2.36. The van der Waals surface area contributed by atoms with Crippen LogP contribution in [-0.2, 0) is 5.41 Å². The van der Waals surface area contributed by atoms with Crippen LogP contribution < -0.4 is 5.73 Å². The molecule has 1 nitrogen and oxygen atoms in total. The normalized spacial score (nSPS) is 27.6. The van der Waals surface area contributed by atoms with Gasteiger partial charge in [-0.3, -0.25) is 0 Å². The van der Waals surface area contributed by atoms with Crippen LogP contribution in [-0.4, -0.2) is 6.54 Å². The minimum atomic E-state index is 0.570. The number of benzene rings is 1. The molecular weight excluding hydrogens is 158 g/mol. The molecule has 0 amide bonds. The summed E-state index contributed by atoms with van der Waals surface area (Å²) in [6, 6.07) is 8.87.